The van der Waals surface area contributed by atoms with Crippen molar-refractivity contribution in [3.05, 3.63) is 29.3 Å². The molecule has 3 rings (SSSR count). The van der Waals surface area contributed by atoms with E-state index >= 15 is 0 Å². The van der Waals surface area contributed by atoms with Crippen LogP contribution in [-0.4, -0.2) is 25.1 Å². The Balaban J connectivity index is 1.53. The molecule has 1 fully saturated rings. The molecule has 2 N–H and O–H groups in total. The predicted molar refractivity (Wildman–Crippen MR) is 114 cm³/mol. The summed E-state index contributed by atoms with van der Waals surface area (Å²) in [7, 11) is -3.36. The van der Waals surface area contributed by atoms with Crippen molar-refractivity contribution in [3.63, 3.8) is 0 Å². The minimum atomic E-state index is -3.36. The van der Waals surface area contributed by atoms with Crippen LogP contribution in [0.5, 0.6) is 0 Å². The number of rotatable bonds is 7. The summed E-state index contributed by atoms with van der Waals surface area (Å²) in [5.74, 6) is 0.0175. The minimum absolute atomic E-state index is 0.0438. The number of aryl methyl sites for hydroxylation is 2. The summed E-state index contributed by atoms with van der Waals surface area (Å²) < 4.78 is 27.7. The van der Waals surface area contributed by atoms with Crippen LogP contribution < -0.4 is 10.0 Å². The number of carbonyl (C=O) groups is 1. The molecule has 1 aromatic rings. The summed E-state index contributed by atoms with van der Waals surface area (Å²) in [6.45, 7) is 5.65. The average molecular weight is 407 g/mol. The van der Waals surface area contributed by atoms with E-state index in [4.69, 9.17) is 0 Å². The highest BCUT2D eigenvalue weighted by Crippen LogP contribution is 2.30. The third kappa shape index (κ3) is 4.43. The predicted octanol–water partition coefficient (Wildman–Crippen LogP) is 4.17. The van der Waals surface area contributed by atoms with E-state index in [0.717, 1.165) is 31.4 Å². The van der Waals surface area contributed by atoms with Gasteiger partial charge in [0.15, 0.2) is 0 Å². The van der Waals surface area contributed by atoms with Crippen molar-refractivity contribution in [2.24, 2.45) is 5.92 Å². The lowest BCUT2D eigenvalue weighted by Gasteiger charge is -2.33. The van der Waals surface area contributed by atoms with Gasteiger partial charge in [-0.1, -0.05) is 19.9 Å². The van der Waals surface area contributed by atoms with Gasteiger partial charge in [0.2, 0.25) is 15.9 Å². The van der Waals surface area contributed by atoms with E-state index in [1.807, 2.05) is 26.8 Å². The Morgan fingerprint density at radius 1 is 1.07 bits per heavy atom. The van der Waals surface area contributed by atoms with Crippen LogP contribution in [0.4, 0.5) is 5.69 Å². The first kappa shape index (κ1) is 21.3. The average Bonchev–Trinajstić information content (AvgIpc) is 3.15. The van der Waals surface area contributed by atoms with Crippen LogP contribution in [0, 0.1) is 5.92 Å². The van der Waals surface area contributed by atoms with Crippen molar-refractivity contribution in [2.45, 2.75) is 89.3 Å². The minimum Gasteiger partial charge on any atom is -0.326 e. The molecule has 0 atom stereocenters. The molecule has 0 aromatic heterocycles. The smallest absolute Gasteiger partial charge is 0.227 e. The van der Waals surface area contributed by atoms with Crippen LogP contribution in [0.3, 0.4) is 0 Å². The quantitative estimate of drug-likeness (QED) is 0.713. The van der Waals surface area contributed by atoms with Crippen molar-refractivity contribution in [2.75, 3.05) is 5.32 Å². The van der Waals surface area contributed by atoms with Crippen LogP contribution in [0.15, 0.2) is 18.2 Å². The Morgan fingerprint density at radius 2 is 1.71 bits per heavy atom. The largest absolute Gasteiger partial charge is 0.326 e. The molecule has 0 heterocycles. The first-order chi connectivity index (χ1) is 13.3. The molecule has 0 unspecified atom stereocenters. The zero-order valence-corrected chi connectivity index (χ0v) is 18.2. The van der Waals surface area contributed by atoms with Gasteiger partial charge in [0.05, 0.1) is 4.75 Å². The second-order valence-corrected chi connectivity index (χ2v) is 10.9. The number of carbonyl (C=O) groups excluding carboxylic acids is 1. The van der Waals surface area contributed by atoms with E-state index in [2.05, 4.69) is 22.2 Å². The fourth-order valence-electron chi connectivity index (χ4n) is 4.36. The molecular formula is C22H34N2O3S. The van der Waals surface area contributed by atoms with Gasteiger partial charge in [0.25, 0.3) is 0 Å². The molecule has 28 heavy (non-hydrogen) atoms. The normalized spacial score (nSPS) is 22.7. The molecule has 0 bridgehead atoms. The summed E-state index contributed by atoms with van der Waals surface area (Å²) in [4.78, 5) is 12.7. The van der Waals surface area contributed by atoms with Gasteiger partial charge in [0, 0.05) is 17.6 Å². The molecule has 1 aromatic carbocycles. The van der Waals surface area contributed by atoms with Crippen molar-refractivity contribution >= 4 is 21.6 Å². The molecule has 5 nitrogen and oxygen atoms in total. The molecule has 1 amide bonds. The van der Waals surface area contributed by atoms with Gasteiger partial charge in [-0.2, -0.15) is 0 Å². The number of hydrogen-bond acceptors (Lipinski definition) is 3. The van der Waals surface area contributed by atoms with Crippen LogP contribution in [-0.2, 0) is 27.7 Å². The van der Waals surface area contributed by atoms with Gasteiger partial charge in [0.1, 0.15) is 0 Å². The van der Waals surface area contributed by atoms with E-state index in [-0.39, 0.29) is 17.9 Å². The van der Waals surface area contributed by atoms with Crippen LogP contribution >= 0.6 is 0 Å². The van der Waals surface area contributed by atoms with Crippen molar-refractivity contribution < 1.29 is 13.2 Å². The number of benzene rings is 1. The molecule has 6 heteroatoms. The summed E-state index contributed by atoms with van der Waals surface area (Å²) in [5, 5.41) is 3.07. The first-order valence-electron chi connectivity index (χ1n) is 10.7. The maximum Gasteiger partial charge on any atom is 0.227 e. The summed E-state index contributed by atoms with van der Waals surface area (Å²) in [5.41, 5.74) is 3.64. The Bertz CT molecular complexity index is 807. The monoisotopic (exact) mass is 406 g/mol. The zero-order chi connectivity index (χ0) is 20.4. The molecule has 156 valence electrons. The van der Waals surface area contributed by atoms with Gasteiger partial charge < -0.3 is 5.32 Å². The molecule has 0 spiro atoms. The molecule has 0 aliphatic heterocycles. The van der Waals surface area contributed by atoms with Gasteiger partial charge in [-0.3, -0.25) is 4.79 Å². The fourth-order valence-corrected chi connectivity index (χ4v) is 6.08. The highest BCUT2D eigenvalue weighted by Gasteiger charge is 2.38. The van der Waals surface area contributed by atoms with Gasteiger partial charge in [-0.15, -0.1) is 0 Å². The maximum absolute atomic E-state index is 12.7. The van der Waals surface area contributed by atoms with Crippen LogP contribution in [0.2, 0.25) is 0 Å². The van der Waals surface area contributed by atoms with Crippen molar-refractivity contribution in [1.82, 2.24) is 4.72 Å². The van der Waals surface area contributed by atoms with E-state index in [0.29, 0.717) is 25.7 Å². The standard InChI is InChI=1S/C22H34N2O3S/c1-4-22(3,5-2)28(26,27)24-19-12-10-17(11-13-19)21(25)23-20-14-9-16-7-6-8-18(16)15-20/h9,14-15,17,19,24H,4-8,10-13H2,1-3H3,(H,23,25). The lowest BCUT2D eigenvalue weighted by molar-refractivity contribution is -0.120. The molecular weight excluding hydrogens is 372 g/mol. The third-order valence-corrected chi connectivity index (χ3v) is 9.45. The SMILES string of the molecule is CCC(C)(CC)S(=O)(=O)NC1CCC(C(=O)Nc2ccc3c(c2)CCC3)CC1. The Hall–Kier alpha value is -1.40. The van der Waals surface area contributed by atoms with E-state index in [1.165, 1.54) is 17.5 Å². The van der Waals surface area contributed by atoms with Gasteiger partial charge in [-0.05, 0) is 88.0 Å². The fraction of sp³-hybridized carbons (Fsp3) is 0.682. The summed E-state index contributed by atoms with van der Waals surface area (Å²) in [6.07, 6.45) is 7.49. The molecule has 2 aliphatic carbocycles. The lowest BCUT2D eigenvalue weighted by Crippen LogP contribution is -2.48. The molecule has 2 aliphatic rings. The third-order valence-electron chi connectivity index (χ3n) is 6.93. The van der Waals surface area contributed by atoms with Gasteiger partial charge >= 0.3 is 0 Å². The summed E-state index contributed by atoms with van der Waals surface area (Å²) >= 11 is 0. The second kappa shape index (κ2) is 8.54. The second-order valence-electron chi connectivity index (χ2n) is 8.65. The number of fused-ring (bicyclic) bond motifs is 1. The molecule has 1 saturated carbocycles. The Kier molecular flexibility index (Phi) is 6.50. The van der Waals surface area contributed by atoms with Crippen LogP contribution in [0.1, 0.15) is 76.8 Å². The number of amides is 1. The highest BCUT2D eigenvalue weighted by molar-refractivity contribution is 7.90. The first-order valence-corrected chi connectivity index (χ1v) is 12.2. The van der Waals surface area contributed by atoms with Crippen molar-refractivity contribution in [3.8, 4) is 0 Å². The molecule has 0 radical (unpaired) electrons. The Morgan fingerprint density at radius 3 is 2.36 bits per heavy atom. The maximum atomic E-state index is 12.7. The number of hydrogen-bond donors (Lipinski definition) is 2. The zero-order valence-electron chi connectivity index (χ0n) is 17.4. The van der Waals surface area contributed by atoms with Gasteiger partial charge in [-0.25, -0.2) is 13.1 Å². The van der Waals surface area contributed by atoms with E-state index < -0.39 is 14.8 Å². The number of anilines is 1. The highest BCUT2D eigenvalue weighted by atomic mass is 32.2. The Labute approximate surface area is 169 Å². The van der Waals surface area contributed by atoms with E-state index in [9.17, 15) is 13.2 Å². The van der Waals surface area contributed by atoms with Crippen LogP contribution in [0.25, 0.3) is 0 Å². The summed E-state index contributed by atoms with van der Waals surface area (Å²) in [6, 6.07) is 6.17. The topological polar surface area (TPSA) is 75.3 Å². The molecule has 0 saturated heterocycles. The number of sulfonamides is 1. The van der Waals surface area contributed by atoms with E-state index in [1.54, 1.807) is 0 Å². The number of nitrogens with one attached hydrogen (secondary N) is 2. The van der Waals surface area contributed by atoms with Crippen molar-refractivity contribution in [1.29, 1.82) is 0 Å². The lowest BCUT2D eigenvalue weighted by atomic mass is 9.86.